The van der Waals surface area contributed by atoms with Crippen molar-refractivity contribution in [1.82, 2.24) is 0 Å². The molecular weight excluding hydrogens is 350 g/mol. The van der Waals surface area contributed by atoms with E-state index in [2.05, 4.69) is 49.4 Å². The van der Waals surface area contributed by atoms with Gasteiger partial charge in [0.05, 0.1) is 6.07 Å². The summed E-state index contributed by atoms with van der Waals surface area (Å²) in [6.07, 6.45) is 25.8. The lowest BCUT2D eigenvalue weighted by Gasteiger charge is -2.28. The third-order valence-corrected chi connectivity index (χ3v) is 6.90. The molecule has 1 aromatic rings. The van der Waals surface area contributed by atoms with Gasteiger partial charge >= 0.3 is 0 Å². The molecular formula is C28H37N. The van der Waals surface area contributed by atoms with E-state index in [0.717, 1.165) is 17.8 Å². The fraction of sp³-hybridized carbons (Fsp3) is 0.536. The van der Waals surface area contributed by atoms with Crippen LogP contribution in [-0.4, -0.2) is 0 Å². The van der Waals surface area contributed by atoms with Crippen molar-refractivity contribution in [3.8, 4) is 6.07 Å². The lowest BCUT2D eigenvalue weighted by Crippen LogP contribution is -2.14. The Morgan fingerprint density at radius 1 is 0.793 bits per heavy atom. The highest BCUT2D eigenvalue weighted by Gasteiger charge is 2.22. The summed E-state index contributed by atoms with van der Waals surface area (Å²) in [4.78, 5) is 0. The summed E-state index contributed by atoms with van der Waals surface area (Å²) in [6, 6.07) is 11.5. The third kappa shape index (κ3) is 7.04. The highest BCUT2D eigenvalue weighted by Crippen LogP contribution is 2.37. The number of benzene rings is 1. The molecule has 2 saturated carbocycles. The van der Waals surface area contributed by atoms with E-state index in [9.17, 15) is 0 Å². The molecule has 1 aromatic carbocycles. The van der Waals surface area contributed by atoms with Crippen LogP contribution in [-0.2, 0) is 6.42 Å². The minimum absolute atomic E-state index is 0.696. The molecule has 0 N–H and O–H groups in total. The van der Waals surface area contributed by atoms with Gasteiger partial charge in [0, 0.05) is 6.08 Å². The summed E-state index contributed by atoms with van der Waals surface area (Å²) in [5, 5.41) is 8.53. The third-order valence-electron chi connectivity index (χ3n) is 6.90. The zero-order valence-corrected chi connectivity index (χ0v) is 18.1. The molecule has 0 saturated heterocycles. The molecule has 29 heavy (non-hydrogen) atoms. The first-order valence-corrected chi connectivity index (χ1v) is 11.8. The van der Waals surface area contributed by atoms with Gasteiger partial charge in [-0.15, -0.1) is 0 Å². The molecule has 1 heteroatoms. The molecule has 0 aromatic heterocycles. The van der Waals surface area contributed by atoms with Crippen molar-refractivity contribution in [2.24, 2.45) is 17.8 Å². The SMILES string of the molecule is CCCc1ccc(C2CCC(/C=C/C3CCC(C=CC=CC#N)CC3)CC2)cc1. The van der Waals surface area contributed by atoms with E-state index in [1.54, 1.807) is 11.6 Å². The fourth-order valence-electron chi connectivity index (χ4n) is 5.05. The maximum atomic E-state index is 8.53. The molecule has 0 spiro atoms. The molecule has 0 atom stereocenters. The van der Waals surface area contributed by atoms with Gasteiger partial charge in [0.1, 0.15) is 0 Å². The van der Waals surface area contributed by atoms with Gasteiger partial charge in [-0.3, -0.25) is 0 Å². The van der Waals surface area contributed by atoms with Crippen LogP contribution in [0.15, 0.2) is 60.7 Å². The van der Waals surface area contributed by atoms with Crippen LogP contribution < -0.4 is 0 Å². The molecule has 0 bridgehead atoms. The standard InChI is InChI=1S/C28H37N/c1-2-6-23-14-18-27(19-15-23)28-20-16-26(17-21-28)13-12-25-10-8-24(9-11-25)7-4-3-5-22-29/h3-5,7,12-15,18-19,24-26,28H,2,6,8-11,16-17,20-21H2,1H3/b5-3?,7-4?,13-12+. The van der Waals surface area contributed by atoms with Gasteiger partial charge in [-0.2, -0.15) is 5.26 Å². The van der Waals surface area contributed by atoms with Crippen LogP contribution in [0, 0.1) is 29.1 Å². The van der Waals surface area contributed by atoms with Crippen molar-refractivity contribution < 1.29 is 0 Å². The number of rotatable bonds is 7. The largest absolute Gasteiger partial charge is 0.193 e. The highest BCUT2D eigenvalue weighted by molar-refractivity contribution is 5.26. The second-order valence-corrected chi connectivity index (χ2v) is 9.04. The monoisotopic (exact) mass is 387 g/mol. The van der Waals surface area contributed by atoms with Gasteiger partial charge in [0.25, 0.3) is 0 Å². The van der Waals surface area contributed by atoms with Crippen molar-refractivity contribution in [3.63, 3.8) is 0 Å². The molecule has 0 radical (unpaired) electrons. The zero-order valence-electron chi connectivity index (χ0n) is 18.1. The van der Waals surface area contributed by atoms with Crippen LogP contribution in [0.1, 0.15) is 81.8 Å². The fourth-order valence-corrected chi connectivity index (χ4v) is 5.05. The van der Waals surface area contributed by atoms with E-state index in [-0.39, 0.29) is 0 Å². The van der Waals surface area contributed by atoms with Gasteiger partial charge in [-0.25, -0.2) is 0 Å². The number of nitrogens with zero attached hydrogens (tertiary/aromatic N) is 1. The van der Waals surface area contributed by atoms with Crippen LogP contribution in [0.3, 0.4) is 0 Å². The maximum Gasteiger partial charge on any atom is 0.0912 e. The van der Waals surface area contributed by atoms with E-state index in [0.29, 0.717) is 5.92 Å². The molecule has 3 rings (SSSR count). The van der Waals surface area contributed by atoms with Crippen LogP contribution in [0.5, 0.6) is 0 Å². The first-order chi connectivity index (χ1) is 14.3. The van der Waals surface area contributed by atoms with Crippen LogP contribution in [0.4, 0.5) is 0 Å². The van der Waals surface area contributed by atoms with Crippen molar-refractivity contribution in [1.29, 1.82) is 5.26 Å². The number of hydrogen-bond acceptors (Lipinski definition) is 1. The lowest BCUT2D eigenvalue weighted by atomic mass is 9.77. The van der Waals surface area contributed by atoms with Crippen molar-refractivity contribution >= 4 is 0 Å². The van der Waals surface area contributed by atoms with Crippen LogP contribution >= 0.6 is 0 Å². The minimum atomic E-state index is 0.696. The normalized spacial score (nSPS) is 28.3. The first kappa shape index (κ1) is 21.6. The maximum absolute atomic E-state index is 8.53. The summed E-state index contributed by atoms with van der Waals surface area (Å²) in [5.74, 6) is 3.03. The van der Waals surface area contributed by atoms with Crippen molar-refractivity contribution in [2.45, 2.75) is 77.0 Å². The van der Waals surface area contributed by atoms with Crippen LogP contribution in [0.2, 0.25) is 0 Å². The number of hydrogen-bond donors (Lipinski definition) is 0. The molecule has 0 aliphatic heterocycles. The van der Waals surface area contributed by atoms with Crippen molar-refractivity contribution in [2.75, 3.05) is 0 Å². The molecule has 154 valence electrons. The molecule has 2 aliphatic carbocycles. The molecule has 0 heterocycles. The Hall–Kier alpha value is -2.07. The Balaban J connectivity index is 1.38. The Kier molecular flexibility index (Phi) is 8.82. The predicted octanol–water partition coefficient (Wildman–Crippen LogP) is 7.91. The number of aryl methyl sites for hydroxylation is 1. The number of nitriles is 1. The van der Waals surface area contributed by atoms with E-state index < -0.39 is 0 Å². The van der Waals surface area contributed by atoms with E-state index >= 15 is 0 Å². The van der Waals surface area contributed by atoms with Gasteiger partial charge < -0.3 is 0 Å². The Morgan fingerprint density at radius 2 is 1.34 bits per heavy atom. The topological polar surface area (TPSA) is 23.8 Å². The quantitative estimate of drug-likeness (QED) is 0.265. The highest BCUT2D eigenvalue weighted by atomic mass is 14.3. The second-order valence-electron chi connectivity index (χ2n) is 9.04. The van der Waals surface area contributed by atoms with Crippen molar-refractivity contribution in [3.05, 3.63) is 71.8 Å². The Morgan fingerprint density at radius 3 is 1.90 bits per heavy atom. The smallest absolute Gasteiger partial charge is 0.0912 e. The molecule has 2 aliphatic rings. The van der Waals surface area contributed by atoms with E-state index in [4.69, 9.17) is 5.26 Å². The Labute approximate surface area is 178 Å². The average Bonchev–Trinajstić information content (AvgIpc) is 2.77. The minimum Gasteiger partial charge on any atom is -0.193 e. The molecule has 0 unspecified atom stereocenters. The van der Waals surface area contributed by atoms with E-state index in [1.165, 1.54) is 69.8 Å². The number of allylic oxidation sites excluding steroid dienone is 6. The summed E-state index contributed by atoms with van der Waals surface area (Å²) in [5.41, 5.74) is 3.04. The summed E-state index contributed by atoms with van der Waals surface area (Å²) in [6.45, 7) is 2.25. The predicted molar refractivity (Wildman–Crippen MR) is 124 cm³/mol. The van der Waals surface area contributed by atoms with Crippen LogP contribution in [0.25, 0.3) is 0 Å². The van der Waals surface area contributed by atoms with E-state index in [1.807, 2.05) is 18.2 Å². The van der Waals surface area contributed by atoms with Gasteiger partial charge in [-0.05, 0) is 92.6 Å². The first-order valence-electron chi connectivity index (χ1n) is 11.8. The van der Waals surface area contributed by atoms with Gasteiger partial charge in [0.2, 0.25) is 0 Å². The summed E-state index contributed by atoms with van der Waals surface area (Å²) < 4.78 is 0. The van der Waals surface area contributed by atoms with Gasteiger partial charge in [-0.1, -0.05) is 68.0 Å². The summed E-state index contributed by atoms with van der Waals surface area (Å²) in [7, 11) is 0. The summed E-state index contributed by atoms with van der Waals surface area (Å²) >= 11 is 0. The molecule has 0 amide bonds. The Bertz CT molecular complexity index is 715. The zero-order chi connectivity index (χ0) is 20.3. The van der Waals surface area contributed by atoms with Gasteiger partial charge in [0.15, 0.2) is 0 Å². The molecule has 2 fully saturated rings. The molecule has 1 nitrogen and oxygen atoms in total. The second kappa shape index (κ2) is 11.8. The lowest BCUT2D eigenvalue weighted by molar-refractivity contribution is 0.348. The average molecular weight is 388 g/mol.